The van der Waals surface area contributed by atoms with Crippen molar-refractivity contribution in [1.29, 1.82) is 0 Å². The normalized spacial score (nSPS) is 11.2. The third kappa shape index (κ3) is 5.38. The Morgan fingerprint density at radius 2 is 1.76 bits per heavy atom. The molecule has 112 valence electrons. The number of alkyl halides is 3. The van der Waals surface area contributed by atoms with Gasteiger partial charge < -0.3 is 10.1 Å². The topological polar surface area (TPSA) is 21.3 Å². The SMILES string of the molecule is Cc1cccc(CNc2ccc(OCC(F)(F)F)cc2)c1. The summed E-state index contributed by atoms with van der Waals surface area (Å²) in [7, 11) is 0. The molecule has 2 rings (SSSR count). The van der Waals surface area contributed by atoms with Crippen molar-refractivity contribution in [2.45, 2.75) is 19.6 Å². The van der Waals surface area contributed by atoms with Gasteiger partial charge in [-0.3, -0.25) is 0 Å². The van der Waals surface area contributed by atoms with Crippen LogP contribution in [-0.2, 0) is 6.54 Å². The van der Waals surface area contributed by atoms with Crippen molar-refractivity contribution in [3.63, 3.8) is 0 Å². The van der Waals surface area contributed by atoms with E-state index >= 15 is 0 Å². The zero-order valence-corrected chi connectivity index (χ0v) is 11.6. The predicted octanol–water partition coefficient (Wildman–Crippen LogP) is 4.55. The van der Waals surface area contributed by atoms with E-state index in [0.717, 1.165) is 11.3 Å². The number of benzene rings is 2. The summed E-state index contributed by atoms with van der Waals surface area (Å²) >= 11 is 0. The average molecular weight is 295 g/mol. The summed E-state index contributed by atoms with van der Waals surface area (Å²) in [6.45, 7) is 1.41. The molecule has 0 radical (unpaired) electrons. The van der Waals surface area contributed by atoms with E-state index in [-0.39, 0.29) is 5.75 Å². The number of rotatable bonds is 5. The maximum atomic E-state index is 12.0. The van der Waals surface area contributed by atoms with Gasteiger partial charge >= 0.3 is 6.18 Å². The minimum atomic E-state index is -4.32. The lowest BCUT2D eigenvalue weighted by Crippen LogP contribution is -2.19. The van der Waals surface area contributed by atoms with Crippen molar-refractivity contribution in [1.82, 2.24) is 0 Å². The molecule has 0 saturated heterocycles. The van der Waals surface area contributed by atoms with Gasteiger partial charge in [0.05, 0.1) is 0 Å². The van der Waals surface area contributed by atoms with Gasteiger partial charge in [-0.15, -0.1) is 0 Å². The highest BCUT2D eigenvalue weighted by atomic mass is 19.4. The Morgan fingerprint density at radius 3 is 2.38 bits per heavy atom. The standard InChI is InChI=1S/C16H16F3NO/c1-12-3-2-4-13(9-12)10-20-14-5-7-15(8-6-14)21-11-16(17,18)19/h2-9,20H,10-11H2,1H3. The molecule has 1 N–H and O–H groups in total. The predicted molar refractivity (Wildman–Crippen MR) is 76.5 cm³/mol. The number of aryl methyl sites for hydroxylation is 1. The van der Waals surface area contributed by atoms with Gasteiger partial charge in [0, 0.05) is 12.2 Å². The van der Waals surface area contributed by atoms with E-state index in [0.29, 0.717) is 6.54 Å². The number of hydrogen-bond donors (Lipinski definition) is 1. The molecule has 2 aromatic carbocycles. The van der Waals surface area contributed by atoms with E-state index in [4.69, 9.17) is 0 Å². The van der Waals surface area contributed by atoms with Gasteiger partial charge in [-0.05, 0) is 36.8 Å². The highest BCUT2D eigenvalue weighted by Crippen LogP contribution is 2.20. The molecule has 0 amide bonds. The van der Waals surface area contributed by atoms with Gasteiger partial charge in [0.1, 0.15) is 5.75 Å². The summed E-state index contributed by atoms with van der Waals surface area (Å²) in [4.78, 5) is 0. The number of anilines is 1. The molecule has 2 aromatic rings. The second kappa shape index (κ2) is 6.52. The first-order chi connectivity index (χ1) is 9.92. The van der Waals surface area contributed by atoms with Crippen LogP contribution >= 0.6 is 0 Å². The molecule has 0 aromatic heterocycles. The molecule has 0 unspecified atom stereocenters. The monoisotopic (exact) mass is 295 g/mol. The molecule has 0 fully saturated rings. The Morgan fingerprint density at radius 1 is 1.05 bits per heavy atom. The highest BCUT2D eigenvalue weighted by molar-refractivity contribution is 5.46. The van der Waals surface area contributed by atoms with Gasteiger partial charge in [-0.25, -0.2) is 0 Å². The van der Waals surface area contributed by atoms with Crippen LogP contribution in [0, 0.1) is 6.92 Å². The fourth-order valence-electron chi connectivity index (χ4n) is 1.86. The molecule has 0 atom stereocenters. The highest BCUT2D eigenvalue weighted by Gasteiger charge is 2.28. The molecule has 0 bridgehead atoms. The van der Waals surface area contributed by atoms with Crippen LogP contribution in [0.1, 0.15) is 11.1 Å². The molecular formula is C16H16F3NO. The molecule has 0 spiro atoms. The third-order valence-electron chi connectivity index (χ3n) is 2.84. The lowest BCUT2D eigenvalue weighted by Gasteiger charge is -2.11. The van der Waals surface area contributed by atoms with E-state index in [1.165, 1.54) is 17.7 Å². The minimum absolute atomic E-state index is 0.202. The molecule has 0 aliphatic heterocycles. The number of hydrogen-bond acceptors (Lipinski definition) is 2. The smallest absolute Gasteiger partial charge is 0.422 e. The molecule has 0 aliphatic carbocycles. The van der Waals surface area contributed by atoms with Crippen LogP contribution in [0.5, 0.6) is 5.75 Å². The van der Waals surface area contributed by atoms with E-state index in [1.54, 1.807) is 12.1 Å². The van der Waals surface area contributed by atoms with Crippen molar-refractivity contribution in [3.05, 3.63) is 59.7 Å². The minimum Gasteiger partial charge on any atom is -0.484 e. The van der Waals surface area contributed by atoms with Gasteiger partial charge in [0.15, 0.2) is 6.61 Å². The van der Waals surface area contributed by atoms with Crippen LogP contribution < -0.4 is 10.1 Å². The van der Waals surface area contributed by atoms with E-state index in [2.05, 4.69) is 16.1 Å². The van der Waals surface area contributed by atoms with Gasteiger partial charge in [-0.1, -0.05) is 29.8 Å². The van der Waals surface area contributed by atoms with Crippen LogP contribution in [0.15, 0.2) is 48.5 Å². The molecule has 0 heterocycles. The Labute approximate surface area is 121 Å². The maximum absolute atomic E-state index is 12.0. The average Bonchev–Trinajstić information content (AvgIpc) is 2.43. The Hall–Kier alpha value is -2.17. The fourth-order valence-corrected chi connectivity index (χ4v) is 1.86. The summed E-state index contributed by atoms with van der Waals surface area (Å²) < 4.78 is 40.7. The number of nitrogens with one attached hydrogen (secondary N) is 1. The molecule has 21 heavy (non-hydrogen) atoms. The van der Waals surface area contributed by atoms with Crippen molar-refractivity contribution in [2.75, 3.05) is 11.9 Å². The van der Waals surface area contributed by atoms with E-state index in [9.17, 15) is 13.2 Å². The Balaban J connectivity index is 1.87. The molecule has 0 saturated carbocycles. The summed E-state index contributed by atoms with van der Waals surface area (Å²) in [5, 5.41) is 3.21. The molecule has 2 nitrogen and oxygen atoms in total. The summed E-state index contributed by atoms with van der Waals surface area (Å²) in [5.41, 5.74) is 3.16. The van der Waals surface area contributed by atoms with Crippen LogP contribution in [0.3, 0.4) is 0 Å². The molecular weight excluding hydrogens is 279 g/mol. The number of halogens is 3. The fraction of sp³-hybridized carbons (Fsp3) is 0.250. The van der Waals surface area contributed by atoms with Crippen LogP contribution in [-0.4, -0.2) is 12.8 Å². The first kappa shape index (κ1) is 15.2. The van der Waals surface area contributed by atoms with Crippen molar-refractivity contribution < 1.29 is 17.9 Å². The molecule has 5 heteroatoms. The lowest BCUT2D eigenvalue weighted by atomic mass is 10.1. The van der Waals surface area contributed by atoms with E-state index in [1.807, 2.05) is 25.1 Å². The van der Waals surface area contributed by atoms with Crippen LogP contribution in [0.2, 0.25) is 0 Å². The second-order valence-electron chi connectivity index (χ2n) is 4.77. The summed E-state index contributed by atoms with van der Waals surface area (Å²) in [6, 6.07) is 14.5. The first-order valence-electron chi connectivity index (χ1n) is 6.51. The maximum Gasteiger partial charge on any atom is 0.422 e. The van der Waals surface area contributed by atoms with Crippen molar-refractivity contribution in [2.24, 2.45) is 0 Å². The largest absolute Gasteiger partial charge is 0.484 e. The van der Waals surface area contributed by atoms with Crippen molar-refractivity contribution in [3.8, 4) is 5.75 Å². The zero-order valence-electron chi connectivity index (χ0n) is 11.6. The van der Waals surface area contributed by atoms with Crippen LogP contribution in [0.4, 0.5) is 18.9 Å². The first-order valence-corrected chi connectivity index (χ1v) is 6.51. The van der Waals surface area contributed by atoms with Gasteiger partial charge in [0.25, 0.3) is 0 Å². The number of ether oxygens (including phenoxy) is 1. The second-order valence-corrected chi connectivity index (χ2v) is 4.77. The quantitative estimate of drug-likeness (QED) is 0.874. The van der Waals surface area contributed by atoms with Crippen molar-refractivity contribution >= 4 is 5.69 Å². The summed E-state index contributed by atoms with van der Waals surface area (Å²) in [6.07, 6.45) is -4.32. The van der Waals surface area contributed by atoms with Crippen LogP contribution in [0.25, 0.3) is 0 Å². The van der Waals surface area contributed by atoms with Gasteiger partial charge in [-0.2, -0.15) is 13.2 Å². The lowest BCUT2D eigenvalue weighted by molar-refractivity contribution is -0.153. The van der Waals surface area contributed by atoms with E-state index < -0.39 is 12.8 Å². The molecule has 0 aliphatic rings. The zero-order chi connectivity index (χ0) is 15.3. The van der Waals surface area contributed by atoms with Gasteiger partial charge in [0.2, 0.25) is 0 Å². The summed E-state index contributed by atoms with van der Waals surface area (Å²) in [5.74, 6) is 0.202. The Bertz CT molecular complexity index is 579. The Kier molecular flexibility index (Phi) is 4.73. The third-order valence-corrected chi connectivity index (χ3v) is 2.84.